The van der Waals surface area contributed by atoms with E-state index in [2.05, 4.69) is 36.5 Å². The number of amides is 2. The van der Waals surface area contributed by atoms with Crippen molar-refractivity contribution >= 4 is 56.2 Å². The van der Waals surface area contributed by atoms with Crippen LogP contribution in [0, 0.1) is 5.41 Å². The molecule has 41 heavy (non-hydrogen) atoms. The van der Waals surface area contributed by atoms with Crippen molar-refractivity contribution in [3.05, 3.63) is 80.5 Å². The van der Waals surface area contributed by atoms with Crippen LogP contribution in [0.5, 0.6) is 5.88 Å². The Bertz CT molecular complexity index is 1590. The van der Waals surface area contributed by atoms with Gasteiger partial charge in [0.1, 0.15) is 16.9 Å². The predicted octanol–water partition coefficient (Wildman–Crippen LogP) is 6.53. The van der Waals surface area contributed by atoms with Crippen LogP contribution in [0.15, 0.2) is 53.0 Å². The SMILES string of the molecule is Cn1c(Cc2cc(CNC(=O)C(C)(C)C)ccc2Cl)nc2cc(C(=O)Nc3ccc(Br)cc3)c(OCC(F)F)nc21. The first kappa shape index (κ1) is 30.4. The monoisotopic (exact) mass is 647 g/mol. The number of fused-ring (bicyclic) bond motifs is 1. The lowest BCUT2D eigenvalue weighted by atomic mass is 9.95. The molecule has 0 unspecified atom stereocenters. The zero-order valence-corrected chi connectivity index (χ0v) is 25.2. The molecular weight excluding hydrogens is 620 g/mol. The Kier molecular flexibility index (Phi) is 9.28. The Morgan fingerprint density at radius 3 is 2.46 bits per heavy atom. The Morgan fingerprint density at radius 1 is 1.10 bits per heavy atom. The van der Waals surface area contributed by atoms with E-state index in [-0.39, 0.29) is 17.4 Å². The van der Waals surface area contributed by atoms with E-state index >= 15 is 0 Å². The van der Waals surface area contributed by atoms with Gasteiger partial charge in [0.05, 0.1) is 0 Å². The zero-order chi connectivity index (χ0) is 29.9. The number of hydrogen-bond donors (Lipinski definition) is 2. The van der Waals surface area contributed by atoms with Crippen LogP contribution < -0.4 is 15.4 Å². The van der Waals surface area contributed by atoms with E-state index in [1.54, 1.807) is 41.9 Å². The normalized spacial score (nSPS) is 11.6. The van der Waals surface area contributed by atoms with Gasteiger partial charge >= 0.3 is 0 Å². The molecule has 0 spiro atoms. The zero-order valence-electron chi connectivity index (χ0n) is 22.9. The summed E-state index contributed by atoms with van der Waals surface area (Å²) < 4.78 is 33.8. The van der Waals surface area contributed by atoms with Crippen molar-refractivity contribution in [3.63, 3.8) is 0 Å². The molecule has 2 aromatic carbocycles. The molecule has 0 saturated carbocycles. The summed E-state index contributed by atoms with van der Waals surface area (Å²) in [4.78, 5) is 34.5. The van der Waals surface area contributed by atoms with Gasteiger partial charge in [-0.25, -0.2) is 13.8 Å². The van der Waals surface area contributed by atoms with Crippen molar-refractivity contribution in [2.24, 2.45) is 12.5 Å². The van der Waals surface area contributed by atoms with Crippen molar-refractivity contribution in [1.82, 2.24) is 19.9 Å². The molecule has 2 heterocycles. The van der Waals surface area contributed by atoms with Crippen LogP contribution in [0.4, 0.5) is 14.5 Å². The van der Waals surface area contributed by atoms with Crippen molar-refractivity contribution in [1.29, 1.82) is 0 Å². The number of nitrogens with one attached hydrogen (secondary N) is 2. The van der Waals surface area contributed by atoms with Crippen LogP contribution >= 0.6 is 27.5 Å². The highest BCUT2D eigenvalue weighted by Gasteiger charge is 2.22. The fraction of sp³-hybridized carbons (Fsp3) is 0.310. The van der Waals surface area contributed by atoms with Crippen LogP contribution in [0.25, 0.3) is 11.2 Å². The number of carbonyl (C=O) groups excluding carboxylic acids is 2. The lowest BCUT2D eigenvalue weighted by Gasteiger charge is -2.18. The number of aromatic nitrogens is 3. The maximum Gasteiger partial charge on any atom is 0.272 e. The molecule has 0 aliphatic heterocycles. The minimum absolute atomic E-state index is 0.0275. The van der Waals surface area contributed by atoms with E-state index in [0.717, 1.165) is 15.6 Å². The molecule has 0 radical (unpaired) electrons. The molecule has 2 amide bonds. The summed E-state index contributed by atoms with van der Waals surface area (Å²) in [6.45, 7) is 4.95. The summed E-state index contributed by atoms with van der Waals surface area (Å²) in [5.41, 5.74) is 2.35. The topological polar surface area (TPSA) is 98.1 Å². The Balaban J connectivity index is 1.64. The van der Waals surface area contributed by atoms with Crippen molar-refractivity contribution < 1.29 is 23.1 Å². The Morgan fingerprint density at radius 2 is 1.80 bits per heavy atom. The first-order valence-corrected chi connectivity index (χ1v) is 13.9. The summed E-state index contributed by atoms with van der Waals surface area (Å²) in [5, 5.41) is 6.18. The average Bonchev–Trinajstić information content (AvgIpc) is 3.21. The number of aryl methyl sites for hydroxylation is 1. The second-order valence-corrected chi connectivity index (χ2v) is 11.8. The molecule has 2 aromatic heterocycles. The number of benzene rings is 2. The number of ether oxygens (including phenoxy) is 1. The lowest BCUT2D eigenvalue weighted by Crippen LogP contribution is -2.34. The number of hydrogen-bond acceptors (Lipinski definition) is 5. The van der Waals surface area contributed by atoms with Crippen molar-refractivity contribution in [2.45, 2.75) is 40.2 Å². The molecule has 0 atom stereocenters. The number of alkyl halides is 2. The summed E-state index contributed by atoms with van der Waals surface area (Å²) in [6, 6.07) is 13.9. The molecule has 0 aliphatic rings. The van der Waals surface area contributed by atoms with Crippen molar-refractivity contribution in [3.8, 4) is 5.88 Å². The maximum atomic E-state index is 13.1. The number of pyridine rings is 1. The fourth-order valence-corrected chi connectivity index (χ4v) is 4.39. The second-order valence-electron chi connectivity index (χ2n) is 10.5. The number of nitrogens with zero attached hydrogens (tertiary/aromatic N) is 3. The van der Waals surface area contributed by atoms with E-state index in [1.165, 1.54) is 6.07 Å². The van der Waals surface area contributed by atoms with Gasteiger partial charge in [-0.1, -0.05) is 60.4 Å². The van der Waals surface area contributed by atoms with E-state index in [9.17, 15) is 18.4 Å². The molecular formula is C29H29BrClF2N5O3. The standard InChI is InChI=1S/C29H29BrClF2N5O3/c1-29(2,3)28(40)34-14-16-5-10-21(31)17(11-16)12-24-36-22-13-20(26(39)35-19-8-6-18(30)7-9-19)27(41-15-23(32)33)37-25(22)38(24)4/h5-11,13,23H,12,14-15H2,1-4H3,(H,34,40)(H,35,39). The van der Waals surface area contributed by atoms with Gasteiger partial charge in [0.25, 0.3) is 12.3 Å². The largest absolute Gasteiger partial charge is 0.471 e. The third-order valence-electron chi connectivity index (χ3n) is 6.19. The molecule has 12 heteroatoms. The van der Waals surface area contributed by atoms with Crippen LogP contribution in [-0.2, 0) is 24.8 Å². The summed E-state index contributed by atoms with van der Waals surface area (Å²) in [7, 11) is 1.73. The second kappa shape index (κ2) is 12.5. The highest BCUT2D eigenvalue weighted by molar-refractivity contribution is 9.10. The van der Waals surface area contributed by atoms with Gasteiger partial charge in [-0.2, -0.15) is 4.98 Å². The van der Waals surface area contributed by atoms with Gasteiger partial charge < -0.3 is 19.9 Å². The van der Waals surface area contributed by atoms with E-state index in [0.29, 0.717) is 40.7 Å². The smallest absolute Gasteiger partial charge is 0.272 e. The third kappa shape index (κ3) is 7.59. The summed E-state index contributed by atoms with van der Waals surface area (Å²) in [6.07, 6.45) is -2.43. The summed E-state index contributed by atoms with van der Waals surface area (Å²) in [5.74, 6) is -0.293. The molecule has 216 valence electrons. The maximum absolute atomic E-state index is 13.1. The molecule has 0 saturated heterocycles. The van der Waals surface area contributed by atoms with Crippen LogP contribution in [0.2, 0.25) is 5.02 Å². The lowest BCUT2D eigenvalue weighted by molar-refractivity contribution is -0.128. The van der Waals surface area contributed by atoms with E-state index in [1.807, 2.05) is 32.9 Å². The minimum Gasteiger partial charge on any atom is -0.471 e. The van der Waals surface area contributed by atoms with Crippen LogP contribution in [-0.4, -0.2) is 39.4 Å². The van der Waals surface area contributed by atoms with Gasteiger partial charge in [-0.15, -0.1) is 0 Å². The number of halogens is 4. The quantitative estimate of drug-likeness (QED) is 0.215. The van der Waals surface area contributed by atoms with Crippen LogP contribution in [0.1, 0.15) is 48.1 Å². The fourth-order valence-electron chi connectivity index (χ4n) is 3.94. The molecule has 0 bridgehead atoms. The number of anilines is 1. The highest BCUT2D eigenvalue weighted by atomic mass is 79.9. The molecule has 8 nitrogen and oxygen atoms in total. The van der Waals surface area contributed by atoms with E-state index < -0.39 is 24.4 Å². The molecule has 0 aliphatic carbocycles. The van der Waals surface area contributed by atoms with Gasteiger partial charge in [0.2, 0.25) is 11.8 Å². The van der Waals surface area contributed by atoms with Crippen LogP contribution in [0.3, 0.4) is 0 Å². The molecule has 0 fully saturated rings. The van der Waals surface area contributed by atoms with Crippen molar-refractivity contribution in [2.75, 3.05) is 11.9 Å². The summed E-state index contributed by atoms with van der Waals surface area (Å²) >= 11 is 9.84. The first-order valence-electron chi connectivity index (χ1n) is 12.7. The third-order valence-corrected chi connectivity index (χ3v) is 7.09. The number of imidazole rings is 1. The predicted molar refractivity (Wildman–Crippen MR) is 158 cm³/mol. The average molecular weight is 649 g/mol. The molecule has 4 rings (SSSR count). The van der Waals surface area contributed by atoms with Gasteiger partial charge in [-0.3, -0.25) is 9.59 Å². The van der Waals surface area contributed by atoms with Gasteiger partial charge in [0.15, 0.2) is 12.3 Å². The van der Waals surface area contributed by atoms with E-state index in [4.69, 9.17) is 16.3 Å². The Labute approximate surface area is 249 Å². The van der Waals surface area contributed by atoms with Gasteiger partial charge in [0, 0.05) is 40.6 Å². The van der Waals surface area contributed by atoms with Gasteiger partial charge in [-0.05, 0) is 47.5 Å². The highest BCUT2D eigenvalue weighted by Crippen LogP contribution is 2.27. The number of carbonyl (C=O) groups is 2. The molecule has 2 N–H and O–H groups in total. The number of rotatable bonds is 9. The molecule has 4 aromatic rings. The Hall–Kier alpha value is -3.57. The first-order chi connectivity index (χ1) is 19.3. The minimum atomic E-state index is -2.75.